The highest BCUT2D eigenvalue weighted by Crippen LogP contribution is 2.30. The van der Waals surface area contributed by atoms with Crippen LogP contribution < -0.4 is 17.2 Å². The molecule has 1 aromatic heterocycles. The van der Waals surface area contributed by atoms with Gasteiger partial charge < -0.3 is 17.2 Å². The third-order valence-electron chi connectivity index (χ3n) is 3.47. The standard InChI is InChI=1S/C20H20N6S/c1-13(21)11-18(23)25-19-12-17(14-5-3-2-4-6-14)24-20(26-19)27-16-9-7-15(22)8-10-16/h2-12H,21-22H2,1H3,(H2,23,24,25,26)/b13-11-. The van der Waals surface area contributed by atoms with E-state index in [0.717, 1.165) is 16.2 Å². The Morgan fingerprint density at radius 3 is 2.37 bits per heavy atom. The summed E-state index contributed by atoms with van der Waals surface area (Å²) in [5.41, 5.74) is 20.4. The predicted octanol–water partition coefficient (Wildman–Crippen LogP) is 3.73. The molecule has 0 bridgehead atoms. The third kappa shape index (κ3) is 5.32. The lowest BCUT2D eigenvalue weighted by molar-refractivity contribution is 0.969. The fourth-order valence-electron chi connectivity index (χ4n) is 2.31. The lowest BCUT2D eigenvalue weighted by Crippen LogP contribution is -2.10. The molecular weight excluding hydrogens is 356 g/mol. The van der Waals surface area contributed by atoms with Crippen molar-refractivity contribution in [3.63, 3.8) is 0 Å². The molecule has 0 spiro atoms. The van der Waals surface area contributed by atoms with Crippen LogP contribution in [0.1, 0.15) is 6.92 Å². The maximum absolute atomic E-state index is 5.93. The number of allylic oxidation sites excluding steroid dienone is 1. The van der Waals surface area contributed by atoms with Gasteiger partial charge in [-0.05, 0) is 49.0 Å². The minimum absolute atomic E-state index is 0.288. The van der Waals surface area contributed by atoms with Gasteiger partial charge in [0.2, 0.25) is 0 Å². The van der Waals surface area contributed by atoms with Gasteiger partial charge in [-0.25, -0.2) is 15.0 Å². The zero-order valence-corrected chi connectivity index (χ0v) is 15.6. The van der Waals surface area contributed by atoms with Crippen molar-refractivity contribution in [1.29, 1.82) is 0 Å². The smallest absolute Gasteiger partial charge is 0.195 e. The van der Waals surface area contributed by atoms with Crippen molar-refractivity contribution in [2.75, 3.05) is 5.73 Å². The normalized spacial score (nSPS) is 12.2. The average Bonchev–Trinajstić information content (AvgIpc) is 2.63. The molecule has 27 heavy (non-hydrogen) atoms. The molecule has 0 saturated carbocycles. The summed E-state index contributed by atoms with van der Waals surface area (Å²) < 4.78 is 0. The molecule has 0 atom stereocenters. The van der Waals surface area contributed by atoms with Gasteiger partial charge in [-0.1, -0.05) is 30.3 Å². The molecular formula is C20H20N6S. The van der Waals surface area contributed by atoms with E-state index in [1.54, 1.807) is 19.1 Å². The quantitative estimate of drug-likeness (QED) is 0.270. The number of hydrogen-bond donors (Lipinski definition) is 3. The molecule has 3 rings (SSSR count). The fraction of sp³-hybridized carbons (Fsp3) is 0.0500. The predicted molar refractivity (Wildman–Crippen MR) is 112 cm³/mol. The summed E-state index contributed by atoms with van der Waals surface area (Å²) in [6.07, 6.45) is 1.59. The highest BCUT2D eigenvalue weighted by atomic mass is 32.2. The van der Waals surface area contributed by atoms with Crippen molar-refractivity contribution in [3.05, 3.63) is 72.4 Å². The van der Waals surface area contributed by atoms with Gasteiger partial charge in [-0.2, -0.15) is 0 Å². The molecule has 0 aliphatic rings. The van der Waals surface area contributed by atoms with Crippen LogP contribution in [0, 0.1) is 0 Å². The maximum Gasteiger partial charge on any atom is 0.195 e. The van der Waals surface area contributed by atoms with Crippen molar-refractivity contribution in [2.45, 2.75) is 17.0 Å². The van der Waals surface area contributed by atoms with Crippen LogP contribution in [-0.4, -0.2) is 15.8 Å². The number of nitrogen functional groups attached to an aromatic ring is 1. The Balaban J connectivity index is 2.02. The zero-order chi connectivity index (χ0) is 19.2. The Bertz CT molecular complexity index is 977. The molecule has 136 valence electrons. The van der Waals surface area contributed by atoms with Crippen molar-refractivity contribution < 1.29 is 0 Å². The Labute approximate surface area is 162 Å². The van der Waals surface area contributed by atoms with Gasteiger partial charge in [0.25, 0.3) is 0 Å². The molecule has 0 aliphatic heterocycles. The van der Waals surface area contributed by atoms with Gasteiger partial charge in [-0.15, -0.1) is 0 Å². The second-order valence-electron chi connectivity index (χ2n) is 5.86. The molecule has 0 unspecified atom stereocenters. The number of benzene rings is 2. The second kappa shape index (κ2) is 8.37. The summed E-state index contributed by atoms with van der Waals surface area (Å²) in [6.45, 7) is 1.75. The Morgan fingerprint density at radius 1 is 1.00 bits per heavy atom. The number of rotatable bonds is 5. The number of hydrogen-bond acceptors (Lipinski definition) is 6. The third-order valence-corrected chi connectivity index (χ3v) is 4.34. The van der Waals surface area contributed by atoms with E-state index in [2.05, 4.69) is 15.0 Å². The second-order valence-corrected chi connectivity index (χ2v) is 6.90. The molecule has 7 heteroatoms. The van der Waals surface area contributed by atoms with Crippen LogP contribution in [-0.2, 0) is 0 Å². The van der Waals surface area contributed by atoms with Gasteiger partial charge in [0.05, 0.1) is 5.69 Å². The summed E-state index contributed by atoms with van der Waals surface area (Å²) in [4.78, 5) is 14.5. The van der Waals surface area contributed by atoms with Gasteiger partial charge in [0, 0.05) is 27.9 Å². The largest absolute Gasteiger partial charge is 0.402 e. The number of aromatic nitrogens is 2. The Kier molecular flexibility index (Phi) is 5.73. The molecule has 0 amide bonds. The van der Waals surface area contributed by atoms with Gasteiger partial charge in [-0.3, -0.25) is 0 Å². The first-order valence-corrected chi connectivity index (χ1v) is 9.07. The van der Waals surface area contributed by atoms with Gasteiger partial charge in [0.1, 0.15) is 5.84 Å². The van der Waals surface area contributed by atoms with E-state index >= 15 is 0 Å². The number of nitrogens with two attached hydrogens (primary N) is 3. The summed E-state index contributed by atoms with van der Waals surface area (Å²) in [5.74, 6) is 0.757. The Morgan fingerprint density at radius 2 is 1.70 bits per heavy atom. The van der Waals surface area contributed by atoms with Crippen LogP contribution in [0.4, 0.5) is 11.5 Å². The first kappa shape index (κ1) is 18.5. The van der Waals surface area contributed by atoms with Crippen LogP contribution in [0.5, 0.6) is 0 Å². The van der Waals surface area contributed by atoms with E-state index in [4.69, 9.17) is 17.2 Å². The Hall–Kier alpha value is -3.32. The molecule has 1 heterocycles. The average molecular weight is 376 g/mol. The van der Waals surface area contributed by atoms with Gasteiger partial charge >= 0.3 is 0 Å². The van der Waals surface area contributed by atoms with E-state index in [1.807, 2.05) is 54.6 Å². The monoisotopic (exact) mass is 376 g/mol. The number of nitrogens with zero attached hydrogens (tertiary/aromatic N) is 3. The van der Waals surface area contributed by atoms with E-state index in [0.29, 0.717) is 22.4 Å². The molecule has 0 fully saturated rings. The van der Waals surface area contributed by atoms with Crippen LogP contribution in [0.25, 0.3) is 11.3 Å². The molecule has 6 N–H and O–H groups in total. The van der Waals surface area contributed by atoms with E-state index < -0.39 is 0 Å². The summed E-state index contributed by atoms with van der Waals surface area (Å²) in [7, 11) is 0. The lowest BCUT2D eigenvalue weighted by Gasteiger charge is -2.07. The fourth-order valence-corrected chi connectivity index (χ4v) is 3.08. The number of anilines is 1. The lowest BCUT2D eigenvalue weighted by atomic mass is 10.1. The van der Waals surface area contributed by atoms with Crippen molar-refractivity contribution in [1.82, 2.24) is 9.97 Å². The maximum atomic E-state index is 5.93. The minimum atomic E-state index is 0.288. The molecule has 6 nitrogen and oxygen atoms in total. The first-order valence-electron chi connectivity index (χ1n) is 8.25. The number of aliphatic imine (C=N–C) groups is 1. The SMILES string of the molecule is C/C(N)=C/C(N)=Nc1cc(-c2ccccc2)nc(Sc2ccc(N)cc2)n1. The van der Waals surface area contributed by atoms with Crippen LogP contribution in [0.3, 0.4) is 0 Å². The molecule has 0 aliphatic carbocycles. The molecule has 3 aromatic rings. The van der Waals surface area contributed by atoms with Crippen LogP contribution in [0.15, 0.2) is 87.5 Å². The topological polar surface area (TPSA) is 116 Å². The summed E-state index contributed by atoms with van der Waals surface area (Å²) in [6, 6.07) is 19.2. The highest BCUT2D eigenvalue weighted by Gasteiger charge is 2.08. The number of amidine groups is 1. The first-order chi connectivity index (χ1) is 13.0. The van der Waals surface area contributed by atoms with Crippen molar-refractivity contribution in [3.8, 4) is 11.3 Å². The van der Waals surface area contributed by atoms with Crippen molar-refractivity contribution in [2.24, 2.45) is 16.5 Å². The van der Waals surface area contributed by atoms with E-state index in [9.17, 15) is 0 Å². The zero-order valence-electron chi connectivity index (χ0n) is 14.8. The van der Waals surface area contributed by atoms with E-state index in [-0.39, 0.29) is 5.84 Å². The van der Waals surface area contributed by atoms with Gasteiger partial charge in [0.15, 0.2) is 11.0 Å². The minimum Gasteiger partial charge on any atom is -0.402 e. The van der Waals surface area contributed by atoms with Crippen LogP contribution in [0.2, 0.25) is 0 Å². The van der Waals surface area contributed by atoms with E-state index in [1.165, 1.54) is 11.8 Å². The van der Waals surface area contributed by atoms with Crippen LogP contribution >= 0.6 is 11.8 Å². The summed E-state index contributed by atoms with van der Waals surface area (Å²) in [5, 5.41) is 0.570. The summed E-state index contributed by atoms with van der Waals surface area (Å²) >= 11 is 1.43. The highest BCUT2D eigenvalue weighted by molar-refractivity contribution is 7.99. The molecule has 0 radical (unpaired) electrons. The molecule has 2 aromatic carbocycles. The molecule has 0 saturated heterocycles. The van der Waals surface area contributed by atoms with Crippen molar-refractivity contribution >= 4 is 29.1 Å².